The fraction of sp³-hybridized carbons (Fsp3) is 0.348. The van der Waals surface area contributed by atoms with Gasteiger partial charge in [0, 0.05) is 22.7 Å². The average Bonchev–Trinajstić information content (AvgIpc) is 3.31. The van der Waals surface area contributed by atoms with Gasteiger partial charge < -0.3 is 10.1 Å². The zero-order valence-corrected chi connectivity index (χ0v) is 20.4. The molecule has 1 aliphatic heterocycles. The Balaban J connectivity index is 1.97. The maximum atomic E-state index is 12.9. The van der Waals surface area contributed by atoms with Crippen LogP contribution in [0.5, 0.6) is 0 Å². The fourth-order valence-electron chi connectivity index (χ4n) is 3.80. The van der Waals surface area contributed by atoms with Crippen molar-refractivity contribution in [2.24, 2.45) is 4.99 Å². The summed E-state index contributed by atoms with van der Waals surface area (Å²) in [4.78, 5) is 30.7. The predicted molar refractivity (Wildman–Crippen MR) is 128 cm³/mol. The Bertz CT molecular complexity index is 1250. The number of aromatic nitrogens is 3. The predicted octanol–water partition coefficient (Wildman–Crippen LogP) is 4.19. The van der Waals surface area contributed by atoms with Crippen LogP contribution in [0.15, 0.2) is 29.3 Å². The van der Waals surface area contributed by atoms with Crippen LogP contribution in [-0.4, -0.2) is 46.0 Å². The molecule has 0 unspecified atom stereocenters. The van der Waals surface area contributed by atoms with Crippen molar-refractivity contribution in [3.63, 3.8) is 0 Å². The summed E-state index contributed by atoms with van der Waals surface area (Å²) in [6.07, 6.45) is 0.862. The molecule has 0 saturated carbocycles. The lowest BCUT2D eigenvalue weighted by Crippen LogP contribution is -2.23. The Morgan fingerprint density at radius 3 is 2.61 bits per heavy atom. The van der Waals surface area contributed by atoms with Crippen LogP contribution in [0.25, 0.3) is 5.00 Å². The van der Waals surface area contributed by atoms with E-state index >= 15 is 0 Å². The van der Waals surface area contributed by atoms with E-state index in [0.29, 0.717) is 33.8 Å². The minimum Gasteiger partial charge on any atom is -0.469 e. The third kappa shape index (κ3) is 4.30. The highest BCUT2D eigenvalue weighted by atomic mass is 35.5. The molecule has 3 aromatic rings. The van der Waals surface area contributed by atoms with Crippen LogP contribution in [-0.2, 0) is 9.53 Å². The molecule has 10 heteroatoms. The summed E-state index contributed by atoms with van der Waals surface area (Å²) in [5, 5.41) is 13.0. The first kappa shape index (κ1) is 23.1. The SMILES string of the molecule is CCCNC(=O)c1sc2c(c1C)C(c1ccc(Cl)cc1)=N[C@@H](CC(=O)OC)c1nnc(C)n1-2. The molecule has 0 fully saturated rings. The Kier molecular flexibility index (Phi) is 6.62. The van der Waals surface area contributed by atoms with Gasteiger partial charge in [-0.3, -0.25) is 19.1 Å². The zero-order valence-electron chi connectivity index (χ0n) is 18.8. The number of amides is 1. The third-order valence-electron chi connectivity index (χ3n) is 5.45. The molecule has 172 valence electrons. The number of fused-ring (bicyclic) bond motifs is 3. The normalized spacial score (nSPS) is 14.7. The number of benzene rings is 1. The van der Waals surface area contributed by atoms with Gasteiger partial charge in [-0.25, -0.2) is 0 Å². The number of nitrogens with one attached hydrogen (secondary N) is 1. The smallest absolute Gasteiger partial charge is 0.308 e. The molecule has 0 bridgehead atoms. The van der Waals surface area contributed by atoms with Crippen LogP contribution in [0.4, 0.5) is 0 Å². The van der Waals surface area contributed by atoms with E-state index in [1.807, 2.05) is 37.5 Å². The molecule has 1 N–H and O–H groups in total. The third-order valence-corrected chi connectivity index (χ3v) is 6.98. The first-order valence-corrected chi connectivity index (χ1v) is 11.8. The lowest BCUT2D eigenvalue weighted by Gasteiger charge is -2.12. The Morgan fingerprint density at radius 2 is 1.94 bits per heavy atom. The largest absolute Gasteiger partial charge is 0.469 e. The highest BCUT2D eigenvalue weighted by molar-refractivity contribution is 7.17. The van der Waals surface area contributed by atoms with E-state index in [1.165, 1.54) is 18.4 Å². The number of hydrogen-bond acceptors (Lipinski definition) is 7. The number of aryl methyl sites for hydroxylation is 1. The van der Waals surface area contributed by atoms with Gasteiger partial charge in [-0.2, -0.15) is 0 Å². The van der Waals surface area contributed by atoms with Gasteiger partial charge in [0.1, 0.15) is 16.9 Å². The van der Waals surface area contributed by atoms with Gasteiger partial charge in [0.25, 0.3) is 5.91 Å². The summed E-state index contributed by atoms with van der Waals surface area (Å²) in [5.74, 6) is 0.662. The van der Waals surface area contributed by atoms with E-state index in [9.17, 15) is 9.59 Å². The maximum Gasteiger partial charge on any atom is 0.308 e. The molecule has 0 radical (unpaired) electrons. The highest BCUT2D eigenvalue weighted by Crippen LogP contribution is 2.40. The standard InChI is InChI=1S/C23H24ClN5O3S/c1-5-10-25-22(31)20-12(2)18-19(14-6-8-15(24)9-7-14)26-16(11-17(30)32-4)21-28-27-13(3)29(21)23(18)33-20/h6-9,16H,5,10-11H2,1-4H3,(H,25,31)/t16-/m0/s1. The number of halogens is 1. The average molecular weight is 486 g/mol. The molecule has 1 amide bonds. The molecule has 2 aromatic heterocycles. The van der Waals surface area contributed by atoms with Crippen LogP contribution in [0.2, 0.25) is 5.02 Å². The number of nitrogens with zero attached hydrogens (tertiary/aromatic N) is 4. The van der Waals surface area contributed by atoms with Gasteiger partial charge in [0.2, 0.25) is 0 Å². The summed E-state index contributed by atoms with van der Waals surface area (Å²) >= 11 is 7.50. The minimum absolute atomic E-state index is 0.0174. The second-order valence-electron chi connectivity index (χ2n) is 7.71. The molecule has 33 heavy (non-hydrogen) atoms. The number of esters is 1. The molecular weight excluding hydrogens is 462 g/mol. The van der Waals surface area contributed by atoms with E-state index < -0.39 is 12.0 Å². The van der Waals surface area contributed by atoms with Crippen LogP contribution in [0, 0.1) is 13.8 Å². The number of methoxy groups -OCH3 is 1. The van der Waals surface area contributed by atoms with Crippen LogP contribution in [0.3, 0.4) is 0 Å². The van der Waals surface area contributed by atoms with Crippen molar-refractivity contribution in [1.29, 1.82) is 0 Å². The van der Waals surface area contributed by atoms with Crippen molar-refractivity contribution in [3.8, 4) is 5.00 Å². The van der Waals surface area contributed by atoms with Gasteiger partial charge in [-0.1, -0.05) is 30.7 Å². The summed E-state index contributed by atoms with van der Waals surface area (Å²) < 4.78 is 6.80. The molecular formula is C23H24ClN5O3S. The number of carbonyl (C=O) groups is 2. The lowest BCUT2D eigenvalue weighted by molar-refractivity contribution is -0.141. The summed E-state index contributed by atoms with van der Waals surface area (Å²) in [5.41, 5.74) is 3.13. The first-order valence-electron chi connectivity index (χ1n) is 10.6. The number of ether oxygens (including phenoxy) is 1. The molecule has 1 aromatic carbocycles. The molecule has 1 atom stereocenters. The summed E-state index contributed by atoms with van der Waals surface area (Å²) in [6.45, 7) is 6.36. The summed E-state index contributed by atoms with van der Waals surface area (Å²) in [7, 11) is 1.35. The Labute approximate surface area is 200 Å². The molecule has 1 aliphatic rings. The van der Waals surface area contributed by atoms with Crippen molar-refractivity contribution in [2.75, 3.05) is 13.7 Å². The fourth-order valence-corrected chi connectivity index (χ4v) is 5.21. The van der Waals surface area contributed by atoms with Crippen molar-refractivity contribution in [2.45, 2.75) is 39.7 Å². The molecule has 0 spiro atoms. The molecule has 4 rings (SSSR count). The second kappa shape index (κ2) is 9.44. The first-order chi connectivity index (χ1) is 15.8. The van der Waals surface area contributed by atoms with E-state index in [1.54, 1.807) is 12.1 Å². The van der Waals surface area contributed by atoms with Crippen molar-refractivity contribution < 1.29 is 14.3 Å². The summed E-state index contributed by atoms with van der Waals surface area (Å²) in [6, 6.07) is 6.75. The van der Waals surface area contributed by atoms with Crippen molar-refractivity contribution in [3.05, 3.63) is 62.5 Å². The van der Waals surface area contributed by atoms with Gasteiger partial charge in [0.05, 0.1) is 24.1 Å². The monoisotopic (exact) mass is 485 g/mol. The van der Waals surface area contributed by atoms with Gasteiger partial charge in [-0.05, 0) is 38.0 Å². The van der Waals surface area contributed by atoms with Crippen molar-refractivity contribution >= 4 is 40.5 Å². The van der Waals surface area contributed by atoms with Gasteiger partial charge >= 0.3 is 5.97 Å². The minimum atomic E-state index is -0.597. The molecule has 0 saturated heterocycles. The zero-order chi connectivity index (χ0) is 23.7. The van der Waals surface area contributed by atoms with E-state index in [-0.39, 0.29) is 12.3 Å². The number of hydrogen-bond donors (Lipinski definition) is 1. The topological polar surface area (TPSA) is 98.5 Å². The number of carbonyl (C=O) groups excluding carboxylic acids is 2. The number of thiophene rings is 1. The van der Waals surface area contributed by atoms with E-state index in [0.717, 1.165) is 28.1 Å². The molecule has 3 heterocycles. The highest BCUT2D eigenvalue weighted by Gasteiger charge is 2.34. The van der Waals surface area contributed by atoms with Gasteiger partial charge in [0.15, 0.2) is 5.82 Å². The number of rotatable bonds is 6. The van der Waals surface area contributed by atoms with Crippen LogP contribution in [0.1, 0.15) is 63.8 Å². The van der Waals surface area contributed by atoms with Crippen LogP contribution < -0.4 is 5.32 Å². The van der Waals surface area contributed by atoms with Crippen LogP contribution >= 0.6 is 22.9 Å². The molecule has 8 nitrogen and oxygen atoms in total. The van der Waals surface area contributed by atoms with Gasteiger partial charge in [-0.15, -0.1) is 21.5 Å². The van der Waals surface area contributed by atoms with E-state index in [2.05, 4.69) is 15.5 Å². The van der Waals surface area contributed by atoms with Crippen molar-refractivity contribution in [1.82, 2.24) is 20.1 Å². The lowest BCUT2D eigenvalue weighted by atomic mass is 9.99. The Morgan fingerprint density at radius 1 is 1.21 bits per heavy atom. The second-order valence-corrected chi connectivity index (χ2v) is 9.15. The van der Waals surface area contributed by atoms with E-state index in [4.69, 9.17) is 21.3 Å². The molecule has 0 aliphatic carbocycles. The maximum absolute atomic E-state index is 12.9. The number of aliphatic imine (C=N–C) groups is 1. The Hall–Kier alpha value is -3.04. The quantitative estimate of drug-likeness (QED) is 0.528.